The van der Waals surface area contributed by atoms with Crippen LogP contribution in [-0.4, -0.2) is 36.0 Å². The zero-order chi connectivity index (χ0) is 17.4. The minimum absolute atomic E-state index is 0.0878. The van der Waals surface area contributed by atoms with Gasteiger partial charge in [-0.3, -0.25) is 9.59 Å². The van der Waals surface area contributed by atoms with Crippen LogP contribution in [0.15, 0.2) is 30.3 Å². The summed E-state index contributed by atoms with van der Waals surface area (Å²) in [6.45, 7) is 5.14. The number of ether oxygens (including phenoxy) is 1. The Morgan fingerprint density at radius 3 is 2.58 bits per heavy atom. The molecule has 132 valence electrons. The van der Waals surface area contributed by atoms with E-state index in [-0.39, 0.29) is 23.8 Å². The third-order valence-corrected chi connectivity index (χ3v) is 4.79. The topological polar surface area (TPSA) is 46.6 Å². The van der Waals surface area contributed by atoms with Crippen molar-refractivity contribution in [1.82, 2.24) is 4.90 Å². The van der Waals surface area contributed by atoms with E-state index < -0.39 is 0 Å². The van der Waals surface area contributed by atoms with E-state index >= 15 is 0 Å². The molecule has 2 rings (SSSR count). The fourth-order valence-electron chi connectivity index (χ4n) is 3.59. The second kappa shape index (κ2) is 9.45. The fraction of sp³-hybridized carbons (Fsp3) is 0.600. The van der Waals surface area contributed by atoms with Gasteiger partial charge in [0.05, 0.1) is 13.0 Å². The van der Waals surface area contributed by atoms with E-state index in [0.29, 0.717) is 13.0 Å². The van der Waals surface area contributed by atoms with E-state index in [1.165, 1.54) is 0 Å². The maximum Gasteiger partial charge on any atom is 0.306 e. The summed E-state index contributed by atoms with van der Waals surface area (Å²) in [6.07, 6.45) is 5.50. The van der Waals surface area contributed by atoms with E-state index in [0.717, 1.165) is 44.2 Å². The lowest BCUT2D eigenvalue weighted by Crippen LogP contribution is -2.43. The summed E-state index contributed by atoms with van der Waals surface area (Å²) in [5.74, 6) is 0.162. The van der Waals surface area contributed by atoms with Gasteiger partial charge in [0.2, 0.25) is 0 Å². The van der Waals surface area contributed by atoms with Gasteiger partial charge in [-0.1, -0.05) is 38.0 Å². The number of carbonyl (C=O) groups excluding carboxylic acids is 2. The predicted octanol–water partition coefficient (Wildman–Crippen LogP) is 4.05. The number of carbonyl (C=O) groups is 2. The van der Waals surface area contributed by atoms with Gasteiger partial charge in [-0.25, -0.2) is 0 Å². The molecule has 0 saturated heterocycles. The number of esters is 1. The molecule has 0 bridgehead atoms. The Bertz CT molecular complexity index is 529. The third-order valence-electron chi connectivity index (χ3n) is 4.79. The van der Waals surface area contributed by atoms with Crippen LogP contribution < -0.4 is 0 Å². The Morgan fingerprint density at radius 2 is 1.92 bits per heavy atom. The normalized spacial score (nSPS) is 19.9. The number of rotatable bonds is 8. The summed E-state index contributed by atoms with van der Waals surface area (Å²) in [5.41, 5.74) is 0.732. The molecule has 0 N–H and O–H groups in total. The van der Waals surface area contributed by atoms with Gasteiger partial charge in [-0.2, -0.15) is 0 Å². The Morgan fingerprint density at radius 1 is 1.17 bits per heavy atom. The Kier molecular flexibility index (Phi) is 7.29. The van der Waals surface area contributed by atoms with Crippen LogP contribution >= 0.6 is 0 Å². The summed E-state index contributed by atoms with van der Waals surface area (Å²) in [4.78, 5) is 26.9. The Balaban J connectivity index is 2.13. The van der Waals surface area contributed by atoms with Crippen LogP contribution in [0, 0.1) is 5.92 Å². The van der Waals surface area contributed by atoms with Crippen molar-refractivity contribution in [3.05, 3.63) is 35.9 Å². The molecule has 4 nitrogen and oxygen atoms in total. The van der Waals surface area contributed by atoms with E-state index in [9.17, 15) is 9.59 Å². The van der Waals surface area contributed by atoms with Crippen LogP contribution in [0.2, 0.25) is 0 Å². The summed E-state index contributed by atoms with van der Waals surface area (Å²) < 4.78 is 5.12. The average Bonchev–Trinajstić information content (AvgIpc) is 3.04. The highest BCUT2D eigenvalue weighted by Crippen LogP contribution is 2.33. The standard InChI is InChI=1S/C20H29NO3/c1-3-5-14-21(20(23)16-10-7-6-8-11-16)18-13-9-12-17(18)15-19(22)24-4-2/h6-8,10-11,17-18H,3-5,9,12-15H2,1-2H3/t17-,18-/m1/s1. The fourth-order valence-corrected chi connectivity index (χ4v) is 3.59. The molecule has 0 unspecified atom stereocenters. The molecular formula is C20H29NO3. The van der Waals surface area contributed by atoms with Crippen molar-refractivity contribution < 1.29 is 14.3 Å². The van der Waals surface area contributed by atoms with Crippen molar-refractivity contribution in [1.29, 1.82) is 0 Å². The molecule has 2 atom stereocenters. The Hall–Kier alpha value is -1.84. The van der Waals surface area contributed by atoms with Crippen LogP contribution in [0.4, 0.5) is 0 Å². The van der Waals surface area contributed by atoms with Gasteiger partial charge in [0.15, 0.2) is 0 Å². The second-order valence-electron chi connectivity index (χ2n) is 6.49. The molecule has 24 heavy (non-hydrogen) atoms. The van der Waals surface area contributed by atoms with Crippen LogP contribution in [0.3, 0.4) is 0 Å². The van der Waals surface area contributed by atoms with Crippen LogP contribution in [0.5, 0.6) is 0 Å². The van der Waals surface area contributed by atoms with Gasteiger partial charge in [0.1, 0.15) is 0 Å². The van der Waals surface area contributed by atoms with Crippen molar-refractivity contribution in [3.63, 3.8) is 0 Å². The van der Waals surface area contributed by atoms with Crippen molar-refractivity contribution >= 4 is 11.9 Å². The minimum Gasteiger partial charge on any atom is -0.466 e. The molecule has 1 amide bonds. The first kappa shape index (κ1) is 18.5. The van der Waals surface area contributed by atoms with Gasteiger partial charge < -0.3 is 9.64 Å². The van der Waals surface area contributed by atoms with E-state index in [1.807, 2.05) is 42.2 Å². The molecule has 1 fully saturated rings. The maximum atomic E-state index is 13.0. The molecule has 4 heteroatoms. The molecule has 1 aliphatic rings. The van der Waals surface area contributed by atoms with Gasteiger partial charge in [0, 0.05) is 18.2 Å². The highest BCUT2D eigenvalue weighted by Gasteiger charge is 2.36. The van der Waals surface area contributed by atoms with E-state index in [1.54, 1.807) is 0 Å². The molecular weight excluding hydrogens is 302 g/mol. The maximum absolute atomic E-state index is 13.0. The monoisotopic (exact) mass is 331 g/mol. The summed E-state index contributed by atoms with van der Waals surface area (Å²) in [7, 11) is 0. The summed E-state index contributed by atoms with van der Waals surface area (Å²) in [5, 5.41) is 0. The smallest absolute Gasteiger partial charge is 0.306 e. The van der Waals surface area contributed by atoms with Gasteiger partial charge in [0.25, 0.3) is 5.91 Å². The summed E-state index contributed by atoms with van der Waals surface area (Å²) >= 11 is 0. The molecule has 0 radical (unpaired) electrons. The summed E-state index contributed by atoms with van der Waals surface area (Å²) in [6, 6.07) is 9.61. The van der Waals surface area contributed by atoms with E-state index in [2.05, 4.69) is 6.92 Å². The quantitative estimate of drug-likeness (QED) is 0.675. The lowest BCUT2D eigenvalue weighted by Gasteiger charge is -2.33. The average molecular weight is 331 g/mol. The highest BCUT2D eigenvalue weighted by molar-refractivity contribution is 5.94. The first-order valence-electron chi connectivity index (χ1n) is 9.19. The number of hydrogen-bond donors (Lipinski definition) is 0. The molecule has 0 spiro atoms. The predicted molar refractivity (Wildman–Crippen MR) is 94.8 cm³/mol. The first-order chi connectivity index (χ1) is 11.7. The van der Waals surface area contributed by atoms with E-state index in [4.69, 9.17) is 4.74 Å². The van der Waals surface area contributed by atoms with Gasteiger partial charge >= 0.3 is 5.97 Å². The Labute approximate surface area is 145 Å². The number of benzene rings is 1. The van der Waals surface area contributed by atoms with Crippen molar-refractivity contribution in [3.8, 4) is 0 Å². The zero-order valence-electron chi connectivity index (χ0n) is 14.9. The lowest BCUT2D eigenvalue weighted by molar-refractivity contribution is -0.144. The van der Waals surface area contributed by atoms with Crippen LogP contribution in [0.25, 0.3) is 0 Å². The minimum atomic E-state index is -0.142. The number of amides is 1. The van der Waals surface area contributed by atoms with Crippen LogP contribution in [0.1, 0.15) is 62.7 Å². The molecule has 0 aliphatic heterocycles. The van der Waals surface area contributed by atoms with Gasteiger partial charge in [-0.15, -0.1) is 0 Å². The van der Waals surface area contributed by atoms with Gasteiger partial charge in [-0.05, 0) is 44.2 Å². The molecule has 1 aromatic carbocycles. The largest absolute Gasteiger partial charge is 0.466 e. The SMILES string of the molecule is CCCCN(C(=O)c1ccccc1)[C@@H]1CCC[C@@H]1CC(=O)OCC. The van der Waals surface area contributed by atoms with Crippen LogP contribution in [-0.2, 0) is 9.53 Å². The molecule has 0 heterocycles. The third kappa shape index (κ3) is 4.83. The molecule has 0 aromatic heterocycles. The zero-order valence-corrected chi connectivity index (χ0v) is 14.9. The second-order valence-corrected chi connectivity index (χ2v) is 6.49. The van der Waals surface area contributed by atoms with Crippen molar-refractivity contribution in [2.24, 2.45) is 5.92 Å². The highest BCUT2D eigenvalue weighted by atomic mass is 16.5. The number of hydrogen-bond acceptors (Lipinski definition) is 3. The van der Waals surface area contributed by atoms with Crippen molar-refractivity contribution in [2.75, 3.05) is 13.2 Å². The number of nitrogens with zero attached hydrogens (tertiary/aromatic N) is 1. The molecule has 1 saturated carbocycles. The molecule has 1 aliphatic carbocycles. The first-order valence-corrected chi connectivity index (χ1v) is 9.19. The lowest BCUT2D eigenvalue weighted by atomic mass is 9.97. The molecule has 1 aromatic rings. The number of unbranched alkanes of at least 4 members (excludes halogenated alkanes) is 1. The van der Waals surface area contributed by atoms with Crippen molar-refractivity contribution in [2.45, 2.75) is 58.4 Å².